The van der Waals surface area contributed by atoms with Crippen LogP contribution in [-0.4, -0.2) is 17.2 Å². The molecule has 6 heteroatoms. The van der Waals surface area contributed by atoms with Gasteiger partial charge in [-0.2, -0.15) is 0 Å². The van der Waals surface area contributed by atoms with Gasteiger partial charge in [0.2, 0.25) is 0 Å². The van der Waals surface area contributed by atoms with Gasteiger partial charge in [0.25, 0.3) is 5.91 Å². The summed E-state index contributed by atoms with van der Waals surface area (Å²) in [7, 11) is 0. The number of nitrogens with one attached hydrogen (secondary N) is 1. The Morgan fingerprint density at radius 2 is 2.30 bits per heavy atom. The molecule has 20 heavy (non-hydrogen) atoms. The molecule has 0 fully saturated rings. The predicted octanol–water partition coefficient (Wildman–Crippen LogP) is 3.43. The van der Waals surface area contributed by atoms with Crippen LogP contribution >= 0.6 is 11.6 Å². The molecule has 1 amide bonds. The van der Waals surface area contributed by atoms with Crippen LogP contribution in [0.5, 0.6) is 5.75 Å². The van der Waals surface area contributed by atoms with Gasteiger partial charge in [-0.1, -0.05) is 29.7 Å². The van der Waals surface area contributed by atoms with Gasteiger partial charge in [-0.15, -0.1) is 0 Å². The number of carbonyl (C=O) groups excluding carboxylic acids is 1. The Morgan fingerprint density at radius 1 is 1.50 bits per heavy atom. The van der Waals surface area contributed by atoms with Gasteiger partial charge < -0.3 is 14.6 Å². The molecule has 5 nitrogen and oxygen atoms in total. The molecule has 0 saturated heterocycles. The molecule has 1 atom stereocenters. The minimum Gasteiger partial charge on any atom is -0.479 e. The summed E-state index contributed by atoms with van der Waals surface area (Å²) in [6.07, 6.45) is 1.24. The maximum Gasteiger partial charge on any atom is 0.266 e. The van der Waals surface area contributed by atoms with Crippen LogP contribution in [0.2, 0.25) is 5.02 Å². The van der Waals surface area contributed by atoms with Crippen molar-refractivity contribution in [1.82, 2.24) is 5.16 Å². The summed E-state index contributed by atoms with van der Waals surface area (Å²) in [6, 6.07) is 6.98. The van der Waals surface area contributed by atoms with Gasteiger partial charge in [-0.25, -0.2) is 0 Å². The number of ether oxygens (including phenoxy) is 1. The Kier molecular flexibility index (Phi) is 4.63. The fourth-order valence-electron chi connectivity index (χ4n) is 1.66. The van der Waals surface area contributed by atoms with Gasteiger partial charge >= 0.3 is 0 Å². The number of aromatic nitrogens is 1. The Hall–Kier alpha value is -2.01. The first-order valence-corrected chi connectivity index (χ1v) is 6.62. The predicted molar refractivity (Wildman–Crippen MR) is 76.0 cm³/mol. The van der Waals surface area contributed by atoms with Crippen LogP contribution in [0.25, 0.3) is 0 Å². The zero-order valence-electron chi connectivity index (χ0n) is 11.2. The van der Waals surface area contributed by atoms with E-state index in [-0.39, 0.29) is 5.91 Å². The quantitative estimate of drug-likeness (QED) is 0.917. The highest BCUT2D eigenvalue weighted by Crippen LogP contribution is 2.27. The lowest BCUT2D eigenvalue weighted by Gasteiger charge is -2.17. The number of aryl methyl sites for hydroxylation is 1. The van der Waals surface area contributed by atoms with Crippen molar-refractivity contribution in [2.75, 3.05) is 5.32 Å². The number of rotatable bonds is 5. The van der Waals surface area contributed by atoms with Gasteiger partial charge in [0.05, 0.1) is 5.02 Å². The summed E-state index contributed by atoms with van der Waals surface area (Å²) >= 11 is 6.06. The van der Waals surface area contributed by atoms with Crippen molar-refractivity contribution in [1.29, 1.82) is 0 Å². The molecule has 0 radical (unpaired) electrons. The highest BCUT2D eigenvalue weighted by Gasteiger charge is 2.20. The molecule has 2 rings (SSSR count). The average Bonchev–Trinajstić information content (AvgIpc) is 2.92. The Labute approximate surface area is 121 Å². The minimum atomic E-state index is -0.647. The summed E-state index contributed by atoms with van der Waals surface area (Å²) in [5, 5.41) is 6.71. The number of nitrogens with zero attached hydrogens (tertiary/aromatic N) is 1. The fourth-order valence-corrected chi connectivity index (χ4v) is 1.82. The summed E-state index contributed by atoms with van der Waals surface area (Å²) in [6.45, 7) is 3.79. The molecule has 0 bridgehead atoms. The first-order chi connectivity index (χ1) is 9.60. The van der Waals surface area contributed by atoms with E-state index in [0.717, 1.165) is 5.56 Å². The second kappa shape index (κ2) is 6.43. The molecular formula is C14H15ClN2O3. The second-order valence-electron chi connectivity index (χ2n) is 4.32. The summed E-state index contributed by atoms with van der Waals surface area (Å²) in [5.41, 5.74) is 1.01. The number of carbonyl (C=O) groups is 1. The van der Waals surface area contributed by atoms with Crippen LogP contribution in [0, 0.1) is 6.92 Å². The third-order valence-corrected chi connectivity index (χ3v) is 3.02. The highest BCUT2D eigenvalue weighted by molar-refractivity contribution is 6.32. The molecule has 1 N–H and O–H groups in total. The second-order valence-corrected chi connectivity index (χ2v) is 4.73. The Bertz CT molecular complexity index is 584. The van der Waals surface area contributed by atoms with Crippen LogP contribution in [0.4, 0.5) is 5.82 Å². The normalized spacial score (nSPS) is 11.9. The van der Waals surface area contributed by atoms with E-state index < -0.39 is 6.10 Å². The molecule has 0 aliphatic rings. The van der Waals surface area contributed by atoms with Crippen LogP contribution in [0.15, 0.2) is 35.1 Å². The topological polar surface area (TPSA) is 64.4 Å². The Balaban J connectivity index is 2.08. The van der Waals surface area contributed by atoms with Crippen LogP contribution in [0.3, 0.4) is 0 Å². The molecule has 1 heterocycles. The van der Waals surface area contributed by atoms with Gasteiger partial charge in [0, 0.05) is 6.07 Å². The van der Waals surface area contributed by atoms with Crippen molar-refractivity contribution in [3.05, 3.63) is 41.1 Å². The third-order valence-electron chi connectivity index (χ3n) is 2.71. The van der Waals surface area contributed by atoms with Gasteiger partial charge in [0.1, 0.15) is 12.0 Å². The Morgan fingerprint density at radius 3 is 2.95 bits per heavy atom. The van der Waals surface area contributed by atoms with Crippen molar-refractivity contribution < 1.29 is 14.1 Å². The van der Waals surface area contributed by atoms with Crippen LogP contribution in [0.1, 0.15) is 18.9 Å². The molecule has 0 spiro atoms. The van der Waals surface area contributed by atoms with E-state index in [1.807, 2.05) is 19.9 Å². The number of hydrogen-bond donors (Lipinski definition) is 1. The van der Waals surface area contributed by atoms with Crippen molar-refractivity contribution in [3.8, 4) is 5.75 Å². The van der Waals surface area contributed by atoms with E-state index in [1.54, 1.807) is 18.2 Å². The van der Waals surface area contributed by atoms with Gasteiger partial charge in [-0.05, 0) is 31.0 Å². The van der Waals surface area contributed by atoms with Crippen molar-refractivity contribution in [2.24, 2.45) is 0 Å². The van der Waals surface area contributed by atoms with Crippen molar-refractivity contribution in [3.63, 3.8) is 0 Å². The van der Waals surface area contributed by atoms with Crippen LogP contribution < -0.4 is 10.1 Å². The fraction of sp³-hybridized carbons (Fsp3) is 0.286. The van der Waals surface area contributed by atoms with Crippen molar-refractivity contribution >= 4 is 23.3 Å². The highest BCUT2D eigenvalue weighted by atomic mass is 35.5. The lowest BCUT2D eigenvalue weighted by molar-refractivity contribution is -0.122. The molecule has 0 unspecified atom stereocenters. The monoisotopic (exact) mass is 294 g/mol. The number of hydrogen-bond acceptors (Lipinski definition) is 4. The first-order valence-electron chi connectivity index (χ1n) is 6.24. The van der Waals surface area contributed by atoms with E-state index in [1.165, 1.54) is 6.26 Å². The molecule has 0 aliphatic heterocycles. The standard InChI is InChI=1S/C14H15ClN2O3/c1-3-11(14(18)16-13-6-7-19-17-13)20-12-8-9(2)4-5-10(12)15/h4-8,11H,3H2,1-2H3,(H,16,17,18)/t11-/m1/s1. The molecule has 1 aromatic heterocycles. The summed E-state index contributed by atoms with van der Waals surface area (Å²) < 4.78 is 10.3. The number of amides is 1. The summed E-state index contributed by atoms with van der Waals surface area (Å²) in [5.74, 6) is 0.556. The van der Waals surface area contributed by atoms with E-state index in [9.17, 15) is 4.79 Å². The lowest BCUT2D eigenvalue weighted by atomic mass is 10.2. The zero-order chi connectivity index (χ0) is 14.5. The van der Waals surface area contributed by atoms with Crippen molar-refractivity contribution in [2.45, 2.75) is 26.4 Å². The molecule has 0 saturated carbocycles. The third kappa shape index (κ3) is 3.51. The average molecular weight is 295 g/mol. The maximum absolute atomic E-state index is 12.1. The van der Waals surface area contributed by atoms with Crippen LogP contribution in [-0.2, 0) is 4.79 Å². The number of benzene rings is 1. The SMILES string of the molecule is CC[C@@H](Oc1cc(C)ccc1Cl)C(=O)Nc1ccon1. The minimum absolute atomic E-state index is 0.293. The largest absolute Gasteiger partial charge is 0.479 e. The van der Waals surface area contributed by atoms with E-state index in [2.05, 4.69) is 15.0 Å². The molecule has 106 valence electrons. The van der Waals surface area contributed by atoms with Gasteiger partial charge in [-0.3, -0.25) is 4.79 Å². The zero-order valence-corrected chi connectivity index (χ0v) is 12.0. The van der Waals surface area contributed by atoms with Gasteiger partial charge in [0.15, 0.2) is 11.9 Å². The number of halogens is 1. The lowest BCUT2D eigenvalue weighted by Crippen LogP contribution is -2.32. The first kappa shape index (κ1) is 14.4. The molecule has 1 aromatic carbocycles. The van der Waals surface area contributed by atoms with E-state index in [0.29, 0.717) is 23.0 Å². The molecular weight excluding hydrogens is 280 g/mol. The van der Waals surface area contributed by atoms with E-state index in [4.69, 9.17) is 16.3 Å². The number of anilines is 1. The molecule has 0 aliphatic carbocycles. The van der Waals surface area contributed by atoms with E-state index >= 15 is 0 Å². The maximum atomic E-state index is 12.1. The summed E-state index contributed by atoms with van der Waals surface area (Å²) in [4.78, 5) is 12.1. The molecule has 2 aromatic rings. The smallest absolute Gasteiger partial charge is 0.266 e.